The van der Waals surface area contributed by atoms with Crippen molar-refractivity contribution in [1.82, 2.24) is 0 Å². The Morgan fingerprint density at radius 2 is 1.90 bits per heavy atom. The van der Waals surface area contributed by atoms with Crippen molar-refractivity contribution in [3.05, 3.63) is 57.5 Å². The molecule has 102 valence electrons. The Morgan fingerprint density at radius 3 is 2.60 bits per heavy atom. The highest BCUT2D eigenvalue weighted by Crippen LogP contribution is 2.32. The van der Waals surface area contributed by atoms with Gasteiger partial charge in [0.05, 0.1) is 16.6 Å². The quantitative estimate of drug-likeness (QED) is 0.892. The molecule has 1 aromatic carbocycles. The van der Waals surface area contributed by atoms with Crippen LogP contribution in [0.1, 0.15) is 11.1 Å². The molecule has 1 atom stereocenters. The Labute approximate surface area is 118 Å². The van der Waals surface area contributed by atoms with Crippen LogP contribution in [0.2, 0.25) is 0 Å². The maximum atomic E-state index is 12.0. The summed E-state index contributed by atoms with van der Waals surface area (Å²) in [5.41, 5.74) is 3.12. The summed E-state index contributed by atoms with van der Waals surface area (Å²) >= 11 is 0. The van der Waals surface area contributed by atoms with Gasteiger partial charge in [-0.05, 0) is 29.5 Å². The second-order valence-corrected chi connectivity index (χ2v) is 6.19. The molecular weight excluding hydrogens is 276 g/mol. The number of benzene rings is 1. The summed E-state index contributed by atoms with van der Waals surface area (Å²) in [6.45, 7) is 0. The molecule has 0 amide bonds. The lowest BCUT2D eigenvalue weighted by atomic mass is 9.87. The van der Waals surface area contributed by atoms with Crippen LogP contribution in [-0.2, 0) is 33.2 Å². The SMILES string of the molecule is O=C(O)C1=C(C2=CCc3ccccc3C2)C(=O)CS1=O. The molecule has 0 saturated carbocycles. The van der Waals surface area contributed by atoms with E-state index in [4.69, 9.17) is 5.11 Å². The fraction of sp³-hybridized carbons (Fsp3) is 0.200. The summed E-state index contributed by atoms with van der Waals surface area (Å²) < 4.78 is 11.7. The number of carboxylic acids is 1. The van der Waals surface area contributed by atoms with Gasteiger partial charge >= 0.3 is 5.97 Å². The third-order valence-corrected chi connectivity index (χ3v) is 4.94. The number of ketones is 1. The molecule has 1 unspecified atom stereocenters. The zero-order valence-electron chi connectivity index (χ0n) is 10.6. The summed E-state index contributed by atoms with van der Waals surface area (Å²) in [7, 11) is -1.72. The van der Waals surface area contributed by atoms with E-state index in [1.54, 1.807) is 0 Å². The summed E-state index contributed by atoms with van der Waals surface area (Å²) in [6, 6.07) is 7.86. The number of allylic oxidation sites excluding steroid dienone is 3. The Balaban J connectivity index is 2.06. The number of fused-ring (bicyclic) bond motifs is 1. The molecular formula is C15H12O4S. The van der Waals surface area contributed by atoms with Gasteiger partial charge in [0.1, 0.15) is 4.91 Å². The van der Waals surface area contributed by atoms with Crippen molar-refractivity contribution in [2.75, 3.05) is 5.75 Å². The van der Waals surface area contributed by atoms with Crippen LogP contribution in [0, 0.1) is 0 Å². The number of aliphatic carboxylic acids is 1. The molecule has 3 rings (SSSR count). The predicted octanol–water partition coefficient (Wildman–Crippen LogP) is 1.38. The molecule has 5 heteroatoms. The average Bonchev–Trinajstić information content (AvgIpc) is 2.73. The molecule has 0 aromatic heterocycles. The maximum absolute atomic E-state index is 12.0. The van der Waals surface area contributed by atoms with Crippen LogP contribution >= 0.6 is 0 Å². The van der Waals surface area contributed by atoms with Gasteiger partial charge in [0.15, 0.2) is 5.78 Å². The molecule has 1 aliphatic carbocycles. The van der Waals surface area contributed by atoms with Crippen molar-refractivity contribution < 1.29 is 18.9 Å². The van der Waals surface area contributed by atoms with Gasteiger partial charge in [-0.3, -0.25) is 9.00 Å². The Kier molecular flexibility index (Phi) is 3.14. The normalized spacial score (nSPS) is 21.7. The van der Waals surface area contributed by atoms with Crippen LogP contribution in [0.3, 0.4) is 0 Å². The number of carbonyl (C=O) groups is 2. The lowest BCUT2D eigenvalue weighted by molar-refractivity contribution is -0.132. The third kappa shape index (κ3) is 2.04. The number of rotatable bonds is 2. The van der Waals surface area contributed by atoms with Crippen molar-refractivity contribution in [2.24, 2.45) is 0 Å². The van der Waals surface area contributed by atoms with Crippen LogP contribution in [0.5, 0.6) is 0 Å². The zero-order valence-corrected chi connectivity index (χ0v) is 11.4. The van der Waals surface area contributed by atoms with Gasteiger partial charge < -0.3 is 5.11 Å². The number of hydrogen-bond donors (Lipinski definition) is 1. The van der Waals surface area contributed by atoms with Gasteiger partial charge in [0, 0.05) is 5.57 Å². The van der Waals surface area contributed by atoms with Crippen molar-refractivity contribution in [3.8, 4) is 0 Å². The van der Waals surface area contributed by atoms with Crippen LogP contribution in [0.15, 0.2) is 46.4 Å². The van der Waals surface area contributed by atoms with E-state index >= 15 is 0 Å². The minimum atomic E-state index is -1.72. The molecule has 1 aromatic rings. The molecule has 2 aliphatic rings. The van der Waals surface area contributed by atoms with Crippen LogP contribution in [0.25, 0.3) is 0 Å². The summed E-state index contributed by atoms with van der Waals surface area (Å²) in [4.78, 5) is 22.9. The Bertz CT molecular complexity index is 712. The molecule has 0 bridgehead atoms. The minimum Gasteiger partial charge on any atom is -0.477 e. The lowest BCUT2D eigenvalue weighted by Gasteiger charge is -2.17. The zero-order chi connectivity index (χ0) is 14.3. The van der Waals surface area contributed by atoms with Gasteiger partial charge in [0.25, 0.3) is 0 Å². The highest BCUT2D eigenvalue weighted by molar-refractivity contribution is 7.91. The topological polar surface area (TPSA) is 71.4 Å². The smallest absolute Gasteiger partial charge is 0.345 e. The molecule has 1 heterocycles. The Morgan fingerprint density at radius 1 is 1.20 bits per heavy atom. The minimum absolute atomic E-state index is 0.158. The molecule has 0 saturated heterocycles. The van der Waals surface area contributed by atoms with Gasteiger partial charge in [0.2, 0.25) is 0 Å². The molecule has 20 heavy (non-hydrogen) atoms. The molecule has 0 spiro atoms. The summed E-state index contributed by atoms with van der Waals surface area (Å²) in [5, 5.41) is 9.17. The van der Waals surface area contributed by atoms with Gasteiger partial charge in [-0.15, -0.1) is 0 Å². The fourth-order valence-electron chi connectivity index (χ4n) is 2.66. The van der Waals surface area contributed by atoms with Crippen molar-refractivity contribution in [2.45, 2.75) is 12.8 Å². The summed E-state index contributed by atoms with van der Waals surface area (Å²) in [6.07, 6.45) is 3.06. The third-order valence-electron chi connectivity index (χ3n) is 3.58. The standard InChI is InChI=1S/C15H12O4S/c16-12-8-20(19)14(15(17)18)13(12)11-6-5-9-3-1-2-4-10(9)7-11/h1-4,6H,5,7-8H2,(H,17,18). The average molecular weight is 288 g/mol. The van der Waals surface area contributed by atoms with Crippen LogP contribution in [0.4, 0.5) is 0 Å². The van der Waals surface area contributed by atoms with E-state index < -0.39 is 16.8 Å². The maximum Gasteiger partial charge on any atom is 0.345 e. The van der Waals surface area contributed by atoms with Crippen molar-refractivity contribution in [1.29, 1.82) is 0 Å². The second-order valence-electron chi connectivity index (χ2n) is 4.80. The predicted molar refractivity (Wildman–Crippen MR) is 74.6 cm³/mol. The fourth-order valence-corrected chi connectivity index (χ4v) is 3.86. The first-order chi connectivity index (χ1) is 9.58. The number of carboxylic acid groups (broad SMARTS) is 1. The lowest BCUT2D eigenvalue weighted by Crippen LogP contribution is -2.12. The highest BCUT2D eigenvalue weighted by Gasteiger charge is 2.36. The first kappa shape index (κ1) is 13.0. The number of Topliss-reactive ketones (excluding diaryl/α,β-unsaturated/α-hetero) is 1. The van der Waals surface area contributed by atoms with Gasteiger partial charge in [-0.25, -0.2) is 4.79 Å². The second kappa shape index (κ2) is 4.83. The van der Waals surface area contributed by atoms with E-state index in [-0.39, 0.29) is 22.0 Å². The first-order valence-electron chi connectivity index (χ1n) is 6.23. The van der Waals surface area contributed by atoms with Crippen molar-refractivity contribution >= 4 is 22.6 Å². The van der Waals surface area contributed by atoms with E-state index in [0.717, 1.165) is 5.56 Å². The number of hydrogen-bond acceptors (Lipinski definition) is 3. The van der Waals surface area contributed by atoms with E-state index in [1.165, 1.54) is 5.56 Å². The van der Waals surface area contributed by atoms with E-state index in [0.29, 0.717) is 18.4 Å². The molecule has 1 N–H and O–H groups in total. The van der Waals surface area contributed by atoms with E-state index in [2.05, 4.69) is 0 Å². The molecule has 0 fully saturated rings. The summed E-state index contributed by atoms with van der Waals surface area (Å²) in [5.74, 6) is -1.80. The van der Waals surface area contributed by atoms with Gasteiger partial charge in [-0.1, -0.05) is 30.3 Å². The molecule has 4 nitrogen and oxygen atoms in total. The number of carbonyl (C=O) groups excluding carboxylic acids is 1. The molecule has 0 radical (unpaired) electrons. The first-order valence-corrected chi connectivity index (χ1v) is 7.55. The molecule has 1 aliphatic heterocycles. The largest absolute Gasteiger partial charge is 0.477 e. The Hall–Kier alpha value is -2.01. The highest BCUT2D eigenvalue weighted by atomic mass is 32.2. The monoisotopic (exact) mass is 288 g/mol. The van der Waals surface area contributed by atoms with Gasteiger partial charge in [-0.2, -0.15) is 0 Å². The van der Waals surface area contributed by atoms with Crippen LogP contribution < -0.4 is 0 Å². The van der Waals surface area contributed by atoms with Crippen molar-refractivity contribution in [3.63, 3.8) is 0 Å². The van der Waals surface area contributed by atoms with E-state index in [9.17, 15) is 13.8 Å². The van der Waals surface area contributed by atoms with E-state index in [1.807, 2.05) is 30.3 Å². The van der Waals surface area contributed by atoms with Crippen LogP contribution in [-0.4, -0.2) is 26.8 Å².